The van der Waals surface area contributed by atoms with Crippen LogP contribution in [0.4, 0.5) is 11.5 Å². The molecule has 0 atom stereocenters. The van der Waals surface area contributed by atoms with Crippen molar-refractivity contribution in [3.8, 4) is 5.75 Å². The van der Waals surface area contributed by atoms with Crippen molar-refractivity contribution in [1.82, 2.24) is 14.9 Å². The summed E-state index contributed by atoms with van der Waals surface area (Å²) < 4.78 is 29.1. The van der Waals surface area contributed by atoms with Gasteiger partial charge in [0.1, 0.15) is 24.5 Å². The van der Waals surface area contributed by atoms with Crippen LogP contribution in [0.2, 0.25) is 0 Å². The summed E-state index contributed by atoms with van der Waals surface area (Å²) in [5.74, 6) is 2.12. The van der Waals surface area contributed by atoms with Crippen molar-refractivity contribution in [2.75, 3.05) is 36.5 Å². The van der Waals surface area contributed by atoms with Crippen molar-refractivity contribution in [2.45, 2.75) is 19.4 Å². The van der Waals surface area contributed by atoms with Crippen LogP contribution in [-0.2, 0) is 22.9 Å². The summed E-state index contributed by atoms with van der Waals surface area (Å²) in [4.78, 5) is 11.2. The van der Waals surface area contributed by atoms with Crippen molar-refractivity contribution >= 4 is 32.2 Å². The van der Waals surface area contributed by atoms with E-state index in [1.807, 2.05) is 60.7 Å². The zero-order valence-electron chi connectivity index (χ0n) is 20.1. The third kappa shape index (κ3) is 6.38. The average Bonchev–Trinajstić information content (AvgIpc) is 2.90. The second-order valence-electron chi connectivity index (χ2n) is 9.09. The van der Waals surface area contributed by atoms with E-state index < -0.39 is 9.84 Å². The minimum absolute atomic E-state index is 0.273. The molecule has 4 aromatic rings. The highest BCUT2D eigenvalue weighted by molar-refractivity contribution is 7.91. The number of benzene rings is 3. The number of nitrogens with one attached hydrogen (secondary N) is 1. The summed E-state index contributed by atoms with van der Waals surface area (Å²) in [6.45, 7) is 2.71. The molecule has 1 saturated heterocycles. The van der Waals surface area contributed by atoms with Gasteiger partial charge in [0.15, 0.2) is 9.84 Å². The lowest BCUT2D eigenvalue weighted by atomic mass is 10.1. The molecule has 7 nitrogen and oxygen atoms in total. The van der Waals surface area contributed by atoms with Gasteiger partial charge in [-0.15, -0.1) is 0 Å². The summed E-state index contributed by atoms with van der Waals surface area (Å²) in [6, 6.07) is 24.3. The molecule has 186 valence electrons. The highest BCUT2D eigenvalue weighted by Gasteiger charge is 2.20. The van der Waals surface area contributed by atoms with Crippen LogP contribution in [0.15, 0.2) is 79.1 Å². The van der Waals surface area contributed by atoms with Gasteiger partial charge in [0, 0.05) is 24.2 Å². The number of nitrogens with zero attached hydrogens (tertiary/aromatic N) is 3. The number of ether oxygens (including phenoxy) is 1. The van der Waals surface area contributed by atoms with Gasteiger partial charge in [-0.3, -0.25) is 0 Å². The van der Waals surface area contributed by atoms with Crippen LogP contribution in [-0.4, -0.2) is 54.4 Å². The molecular weight excluding hydrogens is 472 g/mol. The van der Waals surface area contributed by atoms with E-state index in [0.717, 1.165) is 53.1 Å². The molecule has 0 aliphatic carbocycles. The minimum atomic E-state index is -2.83. The van der Waals surface area contributed by atoms with Crippen LogP contribution in [0.5, 0.6) is 5.75 Å². The Morgan fingerprint density at radius 1 is 0.889 bits per heavy atom. The molecule has 1 aliphatic heterocycles. The average molecular weight is 503 g/mol. The topological polar surface area (TPSA) is 84.4 Å². The molecule has 0 unspecified atom stereocenters. The Bertz CT molecular complexity index is 1400. The molecule has 0 radical (unpaired) electrons. The Labute approximate surface area is 212 Å². The fourth-order valence-electron chi connectivity index (χ4n) is 4.35. The van der Waals surface area contributed by atoms with E-state index in [1.165, 1.54) is 5.56 Å². The molecule has 2 heterocycles. The van der Waals surface area contributed by atoms with E-state index in [0.29, 0.717) is 19.7 Å². The van der Waals surface area contributed by atoms with Crippen LogP contribution in [0.1, 0.15) is 17.5 Å². The summed E-state index contributed by atoms with van der Waals surface area (Å²) in [6.07, 6.45) is 3.47. The van der Waals surface area contributed by atoms with Gasteiger partial charge < -0.3 is 15.0 Å². The molecule has 0 bridgehead atoms. The SMILES string of the molecule is O=S1(=O)CCN(CCCc2ccc3ncnc(Nc4ccc(OCc5ccccc5)cc4)c3c2)CC1. The Morgan fingerprint density at radius 3 is 2.44 bits per heavy atom. The zero-order chi connectivity index (χ0) is 24.8. The minimum Gasteiger partial charge on any atom is -0.489 e. The van der Waals surface area contributed by atoms with Crippen molar-refractivity contribution in [1.29, 1.82) is 0 Å². The summed E-state index contributed by atoms with van der Waals surface area (Å²) >= 11 is 0. The number of aromatic nitrogens is 2. The second-order valence-corrected chi connectivity index (χ2v) is 11.4. The van der Waals surface area contributed by atoms with Gasteiger partial charge in [-0.25, -0.2) is 18.4 Å². The first-order valence-electron chi connectivity index (χ1n) is 12.2. The van der Waals surface area contributed by atoms with Crippen LogP contribution in [0.25, 0.3) is 10.9 Å². The monoisotopic (exact) mass is 502 g/mol. The van der Waals surface area contributed by atoms with Gasteiger partial charge in [-0.05, 0) is 66.9 Å². The number of rotatable bonds is 9. The molecule has 36 heavy (non-hydrogen) atoms. The van der Waals surface area contributed by atoms with E-state index >= 15 is 0 Å². The molecule has 0 amide bonds. The number of fused-ring (bicyclic) bond motifs is 1. The standard InChI is InChI=1S/C28H30N4O3S/c33-36(34)17-15-32(16-18-36)14-4-7-22-8-13-27-26(19-22)28(30-21-29-27)31-24-9-11-25(12-10-24)35-20-23-5-2-1-3-6-23/h1-3,5-6,8-13,19,21H,4,7,14-18,20H2,(H,29,30,31). The van der Waals surface area contributed by atoms with Crippen LogP contribution < -0.4 is 10.1 Å². The molecular formula is C28H30N4O3S. The van der Waals surface area contributed by atoms with Gasteiger partial charge in [0.25, 0.3) is 0 Å². The highest BCUT2D eigenvalue weighted by atomic mass is 32.2. The van der Waals surface area contributed by atoms with Crippen molar-refractivity contribution in [3.63, 3.8) is 0 Å². The maximum absolute atomic E-state index is 11.6. The van der Waals surface area contributed by atoms with Crippen molar-refractivity contribution in [3.05, 3.63) is 90.3 Å². The second kappa shape index (κ2) is 11.1. The summed E-state index contributed by atoms with van der Waals surface area (Å²) in [7, 11) is -2.83. The van der Waals surface area contributed by atoms with E-state index in [-0.39, 0.29) is 11.5 Å². The molecule has 1 fully saturated rings. The molecule has 3 aromatic carbocycles. The third-order valence-corrected chi connectivity index (χ3v) is 8.05. The summed E-state index contributed by atoms with van der Waals surface area (Å²) in [5.41, 5.74) is 4.16. The number of sulfone groups is 1. The largest absolute Gasteiger partial charge is 0.489 e. The fourth-order valence-corrected chi connectivity index (χ4v) is 5.63. The van der Waals surface area contributed by atoms with E-state index in [2.05, 4.69) is 32.3 Å². The van der Waals surface area contributed by atoms with E-state index in [4.69, 9.17) is 4.74 Å². The van der Waals surface area contributed by atoms with Crippen LogP contribution in [0.3, 0.4) is 0 Å². The third-order valence-electron chi connectivity index (χ3n) is 6.44. The number of hydrogen-bond acceptors (Lipinski definition) is 7. The van der Waals surface area contributed by atoms with Gasteiger partial charge >= 0.3 is 0 Å². The Hall–Kier alpha value is -3.49. The van der Waals surface area contributed by atoms with E-state index in [1.54, 1.807) is 6.33 Å². The summed E-state index contributed by atoms with van der Waals surface area (Å²) in [5, 5.41) is 4.39. The van der Waals surface area contributed by atoms with Gasteiger partial charge in [-0.2, -0.15) is 0 Å². The van der Waals surface area contributed by atoms with Gasteiger partial charge in [0.05, 0.1) is 17.0 Å². The molecule has 1 N–H and O–H groups in total. The predicted molar refractivity (Wildman–Crippen MR) is 143 cm³/mol. The highest BCUT2D eigenvalue weighted by Crippen LogP contribution is 2.26. The predicted octanol–water partition coefficient (Wildman–Crippen LogP) is 4.62. The molecule has 8 heteroatoms. The Kier molecular flexibility index (Phi) is 7.44. The Balaban J connectivity index is 1.20. The quantitative estimate of drug-likeness (QED) is 0.358. The van der Waals surface area contributed by atoms with Crippen LogP contribution >= 0.6 is 0 Å². The lowest BCUT2D eigenvalue weighted by molar-refractivity contribution is 0.292. The normalized spacial score (nSPS) is 15.6. The molecule has 1 aliphatic rings. The molecule has 0 spiro atoms. The first kappa shape index (κ1) is 24.2. The van der Waals surface area contributed by atoms with Gasteiger partial charge in [0.2, 0.25) is 0 Å². The fraction of sp³-hybridized carbons (Fsp3) is 0.286. The number of aryl methyl sites for hydroxylation is 1. The molecule has 1 aromatic heterocycles. The molecule has 5 rings (SSSR count). The lowest BCUT2D eigenvalue weighted by Crippen LogP contribution is -2.40. The maximum atomic E-state index is 11.6. The first-order chi connectivity index (χ1) is 17.5. The lowest BCUT2D eigenvalue weighted by Gasteiger charge is -2.26. The van der Waals surface area contributed by atoms with Crippen molar-refractivity contribution in [2.24, 2.45) is 0 Å². The zero-order valence-corrected chi connectivity index (χ0v) is 21.0. The van der Waals surface area contributed by atoms with E-state index in [9.17, 15) is 8.42 Å². The van der Waals surface area contributed by atoms with Gasteiger partial charge in [-0.1, -0.05) is 36.4 Å². The smallest absolute Gasteiger partial charge is 0.152 e. The number of anilines is 2. The Morgan fingerprint density at radius 2 is 1.67 bits per heavy atom. The molecule has 0 saturated carbocycles. The maximum Gasteiger partial charge on any atom is 0.152 e. The number of hydrogen-bond donors (Lipinski definition) is 1. The first-order valence-corrected chi connectivity index (χ1v) is 14.1. The van der Waals surface area contributed by atoms with Crippen LogP contribution in [0, 0.1) is 0 Å². The van der Waals surface area contributed by atoms with Crippen molar-refractivity contribution < 1.29 is 13.2 Å².